The average Bonchev–Trinajstić information content (AvgIpc) is 2.89. The molecule has 1 fully saturated rings. The van der Waals surface area contributed by atoms with E-state index in [1.165, 1.54) is 19.3 Å². The molecule has 0 aromatic heterocycles. The largest absolute Gasteiger partial charge is 0.307 e. The molecule has 1 aromatic rings. The van der Waals surface area contributed by atoms with E-state index in [9.17, 15) is 0 Å². The molecule has 1 heteroatoms. The summed E-state index contributed by atoms with van der Waals surface area (Å²) in [6, 6.07) is 10.2. The third kappa shape index (κ3) is 1.41. The Labute approximate surface area is 91.9 Å². The fourth-order valence-corrected chi connectivity index (χ4v) is 3.01. The van der Waals surface area contributed by atoms with Gasteiger partial charge in [0.05, 0.1) is 0 Å². The second-order valence-electron chi connectivity index (χ2n) is 5.49. The highest BCUT2D eigenvalue weighted by molar-refractivity contribution is 5.40. The van der Waals surface area contributed by atoms with Crippen LogP contribution in [0.4, 0.5) is 0 Å². The van der Waals surface area contributed by atoms with Gasteiger partial charge in [-0.1, -0.05) is 38.1 Å². The van der Waals surface area contributed by atoms with Gasteiger partial charge < -0.3 is 5.32 Å². The minimum atomic E-state index is 0.582. The maximum Gasteiger partial charge on any atom is 0.0385 e. The first kappa shape index (κ1) is 9.41. The van der Waals surface area contributed by atoms with E-state index in [4.69, 9.17) is 0 Å². The summed E-state index contributed by atoms with van der Waals surface area (Å²) in [5.41, 5.74) is 3.73. The quantitative estimate of drug-likeness (QED) is 0.775. The molecule has 1 unspecified atom stereocenters. The monoisotopic (exact) mass is 201 g/mol. The van der Waals surface area contributed by atoms with E-state index in [2.05, 4.69) is 43.4 Å². The molecule has 80 valence electrons. The molecule has 15 heavy (non-hydrogen) atoms. The summed E-state index contributed by atoms with van der Waals surface area (Å²) < 4.78 is 0. The second-order valence-corrected chi connectivity index (χ2v) is 5.49. The zero-order chi connectivity index (χ0) is 10.5. The molecule has 1 nitrogen and oxygen atoms in total. The first-order chi connectivity index (χ1) is 7.21. The van der Waals surface area contributed by atoms with E-state index >= 15 is 0 Å². The minimum Gasteiger partial charge on any atom is -0.307 e. The van der Waals surface area contributed by atoms with Crippen molar-refractivity contribution in [1.82, 2.24) is 5.32 Å². The maximum atomic E-state index is 3.75. The molecular formula is C14H19N. The Morgan fingerprint density at radius 1 is 1.27 bits per heavy atom. The summed E-state index contributed by atoms with van der Waals surface area (Å²) in [5, 5.41) is 3.75. The molecule has 0 radical (unpaired) electrons. The number of rotatable bonds is 2. The number of benzene rings is 1. The first-order valence-corrected chi connectivity index (χ1v) is 6.05. The summed E-state index contributed by atoms with van der Waals surface area (Å²) in [7, 11) is 0. The lowest BCUT2D eigenvalue weighted by Gasteiger charge is -2.23. The van der Waals surface area contributed by atoms with Crippen molar-refractivity contribution in [3.8, 4) is 0 Å². The molecule has 2 aliphatic rings. The zero-order valence-corrected chi connectivity index (χ0v) is 9.59. The van der Waals surface area contributed by atoms with Gasteiger partial charge in [0.25, 0.3) is 0 Å². The molecule has 0 heterocycles. The smallest absolute Gasteiger partial charge is 0.0385 e. The molecule has 1 atom stereocenters. The second kappa shape index (κ2) is 3.08. The van der Waals surface area contributed by atoms with Crippen LogP contribution in [0.15, 0.2) is 24.3 Å². The molecule has 1 spiro atoms. The van der Waals surface area contributed by atoms with E-state index in [1.54, 1.807) is 11.1 Å². The lowest BCUT2D eigenvalue weighted by Crippen LogP contribution is -2.31. The summed E-state index contributed by atoms with van der Waals surface area (Å²) in [6.45, 7) is 4.49. The van der Waals surface area contributed by atoms with Crippen molar-refractivity contribution < 1.29 is 0 Å². The van der Waals surface area contributed by atoms with Crippen molar-refractivity contribution in [2.45, 2.75) is 45.2 Å². The molecule has 2 aliphatic carbocycles. The molecule has 0 saturated heterocycles. The summed E-state index contributed by atoms with van der Waals surface area (Å²) >= 11 is 0. The van der Waals surface area contributed by atoms with Gasteiger partial charge in [-0.05, 0) is 35.8 Å². The molecule has 1 saturated carbocycles. The van der Waals surface area contributed by atoms with Gasteiger partial charge in [-0.3, -0.25) is 0 Å². The van der Waals surface area contributed by atoms with E-state index in [0.717, 1.165) is 0 Å². The Hall–Kier alpha value is -0.820. The average molecular weight is 201 g/mol. The van der Waals surface area contributed by atoms with E-state index in [-0.39, 0.29) is 0 Å². The van der Waals surface area contributed by atoms with Crippen LogP contribution in [0.1, 0.15) is 43.9 Å². The molecule has 1 aromatic carbocycles. The summed E-state index contributed by atoms with van der Waals surface area (Å²) in [6.07, 6.45) is 4.12. The topological polar surface area (TPSA) is 12.0 Å². The molecule has 0 amide bonds. The Bertz CT molecular complexity index is 377. The van der Waals surface area contributed by atoms with Crippen molar-refractivity contribution in [2.24, 2.45) is 5.41 Å². The van der Waals surface area contributed by atoms with E-state index in [0.29, 0.717) is 17.5 Å². The highest BCUT2D eigenvalue weighted by atomic mass is 15.0. The van der Waals surface area contributed by atoms with Crippen LogP contribution >= 0.6 is 0 Å². The van der Waals surface area contributed by atoms with Gasteiger partial charge in [0.15, 0.2) is 0 Å². The fraction of sp³-hybridized carbons (Fsp3) is 0.571. The first-order valence-electron chi connectivity index (χ1n) is 6.05. The molecular weight excluding hydrogens is 182 g/mol. The molecule has 3 rings (SSSR count). The van der Waals surface area contributed by atoms with Gasteiger partial charge in [0, 0.05) is 12.1 Å². The highest BCUT2D eigenvalue weighted by Crippen LogP contribution is 2.61. The van der Waals surface area contributed by atoms with Crippen molar-refractivity contribution in [2.75, 3.05) is 0 Å². The Morgan fingerprint density at radius 2 is 2.00 bits per heavy atom. The standard InChI is InChI=1S/C14H19N/c1-10(2)15-13-12-6-4-3-5-11(12)9-14(13)7-8-14/h3-6,10,13,15H,7-9H2,1-2H3. The van der Waals surface area contributed by atoms with Gasteiger partial charge >= 0.3 is 0 Å². The highest BCUT2D eigenvalue weighted by Gasteiger charge is 2.54. The van der Waals surface area contributed by atoms with Gasteiger partial charge in [0.1, 0.15) is 0 Å². The summed E-state index contributed by atoms with van der Waals surface area (Å²) in [4.78, 5) is 0. The number of nitrogens with one attached hydrogen (secondary N) is 1. The van der Waals surface area contributed by atoms with E-state index < -0.39 is 0 Å². The van der Waals surface area contributed by atoms with Gasteiger partial charge in [-0.25, -0.2) is 0 Å². The Morgan fingerprint density at radius 3 is 2.67 bits per heavy atom. The normalized spacial score (nSPS) is 25.9. The van der Waals surface area contributed by atoms with Crippen LogP contribution in [-0.2, 0) is 6.42 Å². The van der Waals surface area contributed by atoms with Crippen molar-refractivity contribution in [3.63, 3.8) is 0 Å². The third-order valence-electron chi connectivity index (χ3n) is 3.91. The Balaban J connectivity index is 1.96. The Kier molecular flexibility index (Phi) is 1.93. The van der Waals surface area contributed by atoms with E-state index in [1.807, 2.05) is 0 Å². The number of hydrogen-bond donors (Lipinski definition) is 1. The van der Waals surface area contributed by atoms with Crippen LogP contribution in [0.5, 0.6) is 0 Å². The van der Waals surface area contributed by atoms with Crippen LogP contribution < -0.4 is 5.32 Å². The maximum absolute atomic E-state index is 3.75. The van der Waals surface area contributed by atoms with Crippen LogP contribution in [0.2, 0.25) is 0 Å². The SMILES string of the molecule is CC(C)NC1c2ccccc2CC12CC2. The number of hydrogen-bond acceptors (Lipinski definition) is 1. The van der Waals surface area contributed by atoms with Crippen molar-refractivity contribution >= 4 is 0 Å². The summed E-state index contributed by atoms with van der Waals surface area (Å²) in [5.74, 6) is 0. The third-order valence-corrected chi connectivity index (χ3v) is 3.91. The predicted octanol–water partition coefficient (Wildman–Crippen LogP) is 3.06. The van der Waals surface area contributed by atoms with Gasteiger partial charge in [-0.2, -0.15) is 0 Å². The van der Waals surface area contributed by atoms with Crippen LogP contribution in [0, 0.1) is 5.41 Å². The molecule has 0 bridgehead atoms. The van der Waals surface area contributed by atoms with Crippen LogP contribution in [0.25, 0.3) is 0 Å². The predicted molar refractivity (Wildman–Crippen MR) is 62.8 cm³/mol. The zero-order valence-electron chi connectivity index (χ0n) is 9.59. The molecule has 1 N–H and O–H groups in total. The van der Waals surface area contributed by atoms with Gasteiger partial charge in [0.2, 0.25) is 0 Å². The molecule has 0 aliphatic heterocycles. The van der Waals surface area contributed by atoms with Crippen molar-refractivity contribution in [3.05, 3.63) is 35.4 Å². The minimum absolute atomic E-state index is 0.582. The fourth-order valence-electron chi connectivity index (χ4n) is 3.01. The van der Waals surface area contributed by atoms with Crippen molar-refractivity contribution in [1.29, 1.82) is 0 Å². The lowest BCUT2D eigenvalue weighted by atomic mass is 9.97. The van der Waals surface area contributed by atoms with Gasteiger partial charge in [-0.15, -0.1) is 0 Å². The van der Waals surface area contributed by atoms with Crippen LogP contribution in [0.3, 0.4) is 0 Å². The van der Waals surface area contributed by atoms with Crippen LogP contribution in [-0.4, -0.2) is 6.04 Å². The lowest BCUT2D eigenvalue weighted by molar-refractivity contribution is 0.344. The number of fused-ring (bicyclic) bond motifs is 1.